The van der Waals surface area contributed by atoms with Crippen molar-refractivity contribution in [3.05, 3.63) is 30.1 Å². The maximum absolute atomic E-state index is 12.6. The lowest BCUT2D eigenvalue weighted by atomic mass is 9.85. The van der Waals surface area contributed by atoms with Crippen molar-refractivity contribution in [2.45, 2.75) is 56.9 Å². The van der Waals surface area contributed by atoms with Crippen LogP contribution < -0.4 is 0 Å². The molecule has 0 unspecified atom stereocenters. The molecule has 0 radical (unpaired) electrons. The number of fused-ring (bicyclic) bond motifs is 1. The number of amides is 1. The van der Waals surface area contributed by atoms with Crippen LogP contribution in [-0.2, 0) is 10.5 Å². The molecule has 2 heterocycles. The van der Waals surface area contributed by atoms with Gasteiger partial charge in [-0.05, 0) is 49.8 Å². The van der Waals surface area contributed by atoms with Crippen LogP contribution in [0.2, 0.25) is 0 Å². The average Bonchev–Trinajstić information content (AvgIpc) is 2.84. The molecule has 21 heavy (non-hydrogen) atoms. The van der Waals surface area contributed by atoms with Gasteiger partial charge in [-0.15, -0.1) is 11.8 Å². The van der Waals surface area contributed by atoms with Gasteiger partial charge in [0.1, 0.15) is 0 Å². The molecule has 3 atom stereocenters. The SMILES string of the molecule is C[C@@H]1C[C@H]2CCCC[C@H]2N1C(=O)CSCc1ccncc1. The topological polar surface area (TPSA) is 33.2 Å². The van der Waals surface area contributed by atoms with Gasteiger partial charge in [0, 0.05) is 30.2 Å². The molecule has 4 heteroatoms. The third kappa shape index (κ3) is 3.42. The second-order valence-corrected chi connectivity index (χ2v) is 7.33. The number of pyridine rings is 1. The van der Waals surface area contributed by atoms with E-state index in [9.17, 15) is 4.79 Å². The zero-order valence-corrected chi connectivity index (χ0v) is 13.5. The number of hydrogen-bond donors (Lipinski definition) is 0. The number of carbonyl (C=O) groups excluding carboxylic acids is 1. The molecule has 1 aromatic heterocycles. The van der Waals surface area contributed by atoms with Gasteiger partial charge in [0.15, 0.2) is 0 Å². The van der Waals surface area contributed by atoms with Crippen molar-refractivity contribution in [1.29, 1.82) is 0 Å². The molecule has 1 saturated heterocycles. The summed E-state index contributed by atoms with van der Waals surface area (Å²) in [5, 5.41) is 0. The fourth-order valence-electron chi connectivity index (χ4n) is 3.95. The number of hydrogen-bond acceptors (Lipinski definition) is 3. The Hall–Kier alpha value is -1.03. The van der Waals surface area contributed by atoms with Crippen LogP contribution in [0.1, 0.15) is 44.6 Å². The molecule has 0 spiro atoms. The van der Waals surface area contributed by atoms with E-state index in [2.05, 4.69) is 16.8 Å². The van der Waals surface area contributed by atoms with E-state index in [0.29, 0.717) is 23.7 Å². The third-order valence-electron chi connectivity index (χ3n) is 4.88. The summed E-state index contributed by atoms with van der Waals surface area (Å²) in [5.41, 5.74) is 1.24. The third-order valence-corrected chi connectivity index (χ3v) is 5.87. The van der Waals surface area contributed by atoms with E-state index >= 15 is 0 Å². The minimum Gasteiger partial charge on any atom is -0.336 e. The Labute approximate surface area is 131 Å². The Morgan fingerprint density at radius 1 is 1.33 bits per heavy atom. The van der Waals surface area contributed by atoms with E-state index in [4.69, 9.17) is 0 Å². The van der Waals surface area contributed by atoms with Crippen molar-refractivity contribution in [3.63, 3.8) is 0 Å². The fourth-order valence-corrected chi connectivity index (χ4v) is 4.80. The first kappa shape index (κ1) is 14.9. The van der Waals surface area contributed by atoms with Gasteiger partial charge in [0.2, 0.25) is 5.91 Å². The zero-order valence-electron chi connectivity index (χ0n) is 12.7. The van der Waals surface area contributed by atoms with Crippen molar-refractivity contribution in [2.75, 3.05) is 5.75 Å². The highest BCUT2D eigenvalue weighted by Crippen LogP contribution is 2.39. The standard InChI is InChI=1S/C17H24N2OS/c1-13-10-15-4-2-3-5-16(15)19(13)17(20)12-21-11-14-6-8-18-9-7-14/h6-9,13,15-16H,2-5,10-12H2,1H3/t13-,15-,16-/m1/s1. The highest BCUT2D eigenvalue weighted by molar-refractivity contribution is 7.99. The van der Waals surface area contributed by atoms with Crippen LogP contribution in [-0.4, -0.2) is 33.6 Å². The van der Waals surface area contributed by atoms with Crippen LogP contribution in [0, 0.1) is 5.92 Å². The van der Waals surface area contributed by atoms with E-state index in [1.165, 1.54) is 37.7 Å². The molecule has 1 aromatic rings. The molecule has 0 N–H and O–H groups in total. The molecular formula is C17H24N2OS. The summed E-state index contributed by atoms with van der Waals surface area (Å²) in [6, 6.07) is 5.01. The number of rotatable bonds is 4. The molecule has 0 aromatic carbocycles. The summed E-state index contributed by atoms with van der Waals surface area (Å²) in [5.74, 6) is 2.61. The maximum atomic E-state index is 12.6. The smallest absolute Gasteiger partial charge is 0.233 e. The number of nitrogens with zero attached hydrogens (tertiary/aromatic N) is 2. The zero-order chi connectivity index (χ0) is 14.7. The molecule has 3 rings (SSSR count). The summed E-state index contributed by atoms with van der Waals surface area (Å²) in [4.78, 5) is 18.8. The largest absolute Gasteiger partial charge is 0.336 e. The molecule has 2 fully saturated rings. The first-order valence-electron chi connectivity index (χ1n) is 8.03. The van der Waals surface area contributed by atoms with Gasteiger partial charge in [-0.2, -0.15) is 0 Å². The molecule has 1 aliphatic carbocycles. The molecule has 0 bridgehead atoms. The lowest BCUT2D eigenvalue weighted by Crippen LogP contribution is -2.43. The molecule has 1 amide bonds. The van der Waals surface area contributed by atoms with Gasteiger partial charge in [-0.3, -0.25) is 9.78 Å². The lowest BCUT2D eigenvalue weighted by Gasteiger charge is -2.33. The van der Waals surface area contributed by atoms with Crippen LogP contribution in [0.25, 0.3) is 0 Å². The van der Waals surface area contributed by atoms with Crippen LogP contribution in [0.5, 0.6) is 0 Å². The average molecular weight is 304 g/mol. The summed E-state index contributed by atoms with van der Waals surface area (Å²) in [6.07, 6.45) is 10.0. The van der Waals surface area contributed by atoms with E-state index in [1.807, 2.05) is 24.5 Å². The summed E-state index contributed by atoms with van der Waals surface area (Å²) < 4.78 is 0. The van der Waals surface area contributed by atoms with Gasteiger partial charge in [-0.1, -0.05) is 12.8 Å². The predicted molar refractivity (Wildman–Crippen MR) is 87.1 cm³/mol. The predicted octanol–water partition coefficient (Wildman–Crippen LogP) is 3.49. The van der Waals surface area contributed by atoms with E-state index in [-0.39, 0.29) is 0 Å². The number of carbonyl (C=O) groups is 1. The molecule has 1 saturated carbocycles. The van der Waals surface area contributed by atoms with E-state index in [0.717, 1.165) is 11.7 Å². The van der Waals surface area contributed by atoms with Gasteiger partial charge >= 0.3 is 0 Å². The van der Waals surface area contributed by atoms with Gasteiger partial charge in [0.25, 0.3) is 0 Å². The number of likely N-dealkylation sites (tertiary alicyclic amines) is 1. The Bertz CT molecular complexity index is 479. The van der Waals surface area contributed by atoms with Crippen molar-refractivity contribution < 1.29 is 4.79 Å². The maximum Gasteiger partial charge on any atom is 0.233 e. The highest BCUT2D eigenvalue weighted by atomic mass is 32.2. The van der Waals surface area contributed by atoms with Gasteiger partial charge in [0.05, 0.1) is 5.75 Å². The van der Waals surface area contributed by atoms with Gasteiger partial charge < -0.3 is 4.90 Å². The van der Waals surface area contributed by atoms with Gasteiger partial charge in [-0.25, -0.2) is 0 Å². The minimum atomic E-state index is 0.343. The van der Waals surface area contributed by atoms with E-state index < -0.39 is 0 Å². The first-order chi connectivity index (χ1) is 10.3. The second-order valence-electron chi connectivity index (χ2n) is 6.35. The Morgan fingerprint density at radius 3 is 2.90 bits per heavy atom. The fraction of sp³-hybridized carbons (Fsp3) is 0.647. The van der Waals surface area contributed by atoms with Crippen molar-refractivity contribution in [3.8, 4) is 0 Å². The molecule has 3 nitrogen and oxygen atoms in total. The Morgan fingerprint density at radius 2 is 2.10 bits per heavy atom. The van der Waals surface area contributed by atoms with Crippen molar-refractivity contribution in [1.82, 2.24) is 9.88 Å². The highest BCUT2D eigenvalue weighted by Gasteiger charge is 2.42. The van der Waals surface area contributed by atoms with Crippen LogP contribution in [0.4, 0.5) is 0 Å². The van der Waals surface area contributed by atoms with Crippen LogP contribution >= 0.6 is 11.8 Å². The summed E-state index contributed by atoms with van der Waals surface area (Å²) >= 11 is 1.72. The molecule has 114 valence electrons. The molecule has 2 aliphatic rings. The Kier molecular flexibility index (Phi) is 4.84. The van der Waals surface area contributed by atoms with Crippen molar-refractivity contribution >= 4 is 17.7 Å². The van der Waals surface area contributed by atoms with Crippen LogP contribution in [0.15, 0.2) is 24.5 Å². The van der Waals surface area contributed by atoms with Crippen LogP contribution in [0.3, 0.4) is 0 Å². The van der Waals surface area contributed by atoms with E-state index in [1.54, 1.807) is 11.8 Å². The monoisotopic (exact) mass is 304 g/mol. The quantitative estimate of drug-likeness (QED) is 0.853. The summed E-state index contributed by atoms with van der Waals surface area (Å²) in [6.45, 7) is 2.23. The molecule has 1 aliphatic heterocycles. The Balaban J connectivity index is 1.52. The summed E-state index contributed by atoms with van der Waals surface area (Å²) in [7, 11) is 0. The normalized spacial score (nSPS) is 28.4. The first-order valence-corrected chi connectivity index (χ1v) is 9.19. The number of thioether (sulfide) groups is 1. The second kappa shape index (κ2) is 6.82. The number of aromatic nitrogens is 1. The van der Waals surface area contributed by atoms with Crippen molar-refractivity contribution in [2.24, 2.45) is 5.92 Å². The lowest BCUT2D eigenvalue weighted by molar-refractivity contribution is -0.131. The minimum absolute atomic E-state index is 0.343. The molecular weight excluding hydrogens is 280 g/mol.